The minimum atomic E-state index is -0.261. The molecule has 1 aliphatic rings. The topological polar surface area (TPSA) is 52.0 Å². The van der Waals surface area contributed by atoms with Crippen molar-refractivity contribution in [3.8, 4) is 16.9 Å². The number of epoxide rings is 1. The summed E-state index contributed by atoms with van der Waals surface area (Å²) in [6.45, 7) is 1.09. The highest BCUT2D eigenvalue weighted by Crippen LogP contribution is 2.37. The van der Waals surface area contributed by atoms with E-state index in [4.69, 9.17) is 37.1 Å². The van der Waals surface area contributed by atoms with Gasteiger partial charge in [-0.25, -0.2) is 0 Å². The van der Waals surface area contributed by atoms with E-state index in [0.29, 0.717) is 34.9 Å². The van der Waals surface area contributed by atoms with Crippen molar-refractivity contribution in [2.45, 2.75) is 6.10 Å². The standard InChI is InChI=1S/C18H11BrCl2O4/c19-9-4-5-11(14(6-9)24-8-10-7-23-10)15-16(22)12-2-1-3-13(20)17(12)25-18(15)21/h1-6,10H,7-8H2. The highest BCUT2D eigenvalue weighted by molar-refractivity contribution is 9.10. The molecule has 0 N–H and O–H groups in total. The molecule has 0 spiro atoms. The van der Waals surface area contributed by atoms with Crippen LogP contribution in [0.5, 0.6) is 5.75 Å². The lowest BCUT2D eigenvalue weighted by Gasteiger charge is -2.12. The van der Waals surface area contributed by atoms with Gasteiger partial charge in [0, 0.05) is 10.0 Å². The summed E-state index contributed by atoms with van der Waals surface area (Å²) in [5, 5.41) is 0.674. The predicted molar refractivity (Wildman–Crippen MR) is 101 cm³/mol. The summed E-state index contributed by atoms with van der Waals surface area (Å²) in [7, 11) is 0. The van der Waals surface area contributed by atoms with Crippen LogP contribution in [0.2, 0.25) is 10.2 Å². The molecule has 1 aliphatic heterocycles. The lowest BCUT2D eigenvalue weighted by Crippen LogP contribution is -2.09. The van der Waals surface area contributed by atoms with Crippen LogP contribution < -0.4 is 10.2 Å². The third-order valence-electron chi connectivity index (χ3n) is 3.87. The quantitative estimate of drug-likeness (QED) is 0.515. The fourth-order valence-corrected chi connectivity index (χ4v) is 3.37. The smallest absolute Gasteiger partial charge is 0.205 e. The molecule has 0 amide bonds. The van der Waals surface area contributed by atoms with Gasteiger partial charge in [0.05, 0.1) is 22.6 Å². The van der Waals surface area contributed by atoms with Crippen LogP contribution in [0.3, 0.4) is 0 Å². The maximum Gasteiger partial charge on any atom is 0.205 e. The second-order valence-electron chi connectivity index (χ2n) is 5.60. The van der Waals surface area contributed by atoms with Gasteiger partial charge in [0.2, 0.25) is 10.6 Å². The maximum atomic E-state index is 13.0. The molecule has 4 rings (SSSR count). The van der Waals surface area contributed by atoms with Gasteiger partial charge in [0.25, 0.3) is 0 Å². The van der Waals surface area contributed by atoms with Crippen molar-refractivity contribution in [2.24, 2.45) is 0 Å². The second-order valence-corrected chi connectivity index (χ2v) is 7.27. The van der Waals surface area contributed by atoms with Gasteiger partial charge in [-0.3, -0.25) is 4.79 Å². The molecular formula is C18H11BrCl2O4. The van der Waals surface area contributed by atoms with E-state index in [1.54, 1.807) is 30.3 Å². The zero-order chi connectivity index (χ0) is 17.6. The van der Waals surface area contributed by atoms with Gasteiger partial charge in [-0.15, -0.1) is 0 Å². The molecular weight excluding hydrogens is 431 g/mol. The number of hydrogen-bond acceptors (Lipinski definition) is 4. The summed E-state index contributed by atoms with van der Waals surface area (Å²) in [6.07, 6.45) is 0.0918. The zero-order valence-electron chi connectivity index (χ0n) is 12.7. The van der Waals surface area contributed by atoms with Gasteiger partial charge in [0.15, 0.2) is 5.58 Å². The minimum absolute atomic E-state index is 0.0274. The Hall–Kier alpha value is -1.53. The van der Waals surface area contributed by atoms with Crippen molar-refractivity contribution in [2.75, 3.05) is 13.2 Å². The molecule has 2 aromatic carbocycles. The lowest BCUT2D eigenvalue weighted by molar-refractivity contribution is 0.263. The third kappa shape index (κ3) is 3.29. The largest absolute Gasteiger partial charge is 0.490 e. The number of para-hydroxylation sites is 1. The molecule has 7 heteroatoms. The van der Waals surface area contributed by atoms with Gasteiger partial charge in [-0.2, -0.15) is 0 Å². The van der Waals surface area contributed by atoms with E-state index >= 15 is 0 Å². The van der Waals surface area contributed by atoms with Crippen LogP contribution in [0.15, 0.2) is 50.1 Å². The van der Waals surface area contributed by atoms with E-state index in [9.17, 15) is 4.79 Å². The van der Waals surface area contributed by atoms with Crippen LogP contribution in [0.4, 0.5) is 0 Å². The molecule has 0 aliphatic carbocycles. The zero-order valence-corrected chi connectivity index (χ0v) is 15.8. The second kappa shape index (κ2) is 6.65. The van der Waals surface area contributed by atoms with Crippen molar-refractivity contribution < 1.29 is 13.9 Å². The van der Waals surface area contributed by atoms with E-state index in [0.717, 1.165) is 4.47 Å². The molecule has 3 aromatic rings. The molecule has 1 aromatic heterocycles. The van der Waals surface area contributed by atoms with Crippen molar-refractivity contribution in [1.29, 1.82) is 0 Å². The van der Waals surface area contributed by atoms with E-state index in [-0.39, 0.29) is 27.9 Å². The number of halogens is 3. The van der Waals surface area contributed by atoms with Crippen LogP contribution >= 0.6 is 39.1 Å². The third-order valence-corrected chi connectivity index (χ3v) is 4.92. The van der Waals surface area contributed by atoms with Crippen LogP contribution in [0.25, 0.3) is 22.1 Å². The van der Waals surface area contributed by atoms with Crippen molar-refractivity contribution >= 4 is 50.1 Å². The van der Waals surface area contributed by atoms with E-state index in [2.05, 4.69) is 15.9 Å². The summed E-state index contributed by atoms with van der Waals surface area (Å²) in [4.78, 5) is 13.0. The Bertz CT molecular complexity index is 1030. The van der Waals surface area contributed by atoms with E-state index in [1.807, 2.05) is 6.07 Å². The Kier molecular flexibility index (Phi) is 4.50. The first-order chi connectivity index (χ1) is 12.0. The summed E-state index contributed by atoms with van der Waals surface area (Å²) < 4.78 is 17.4. The normalized spacial score (nSPS) is 16.2. The highest BCUT2D eigenvalue weighted by Gasteiger charge is 2.25. The molecule has 25 heavy (non-hydrogen) atoms. The molecule has 2 heterocycles. The Morgan fingerprint density at radius 2 is 2.04 bits per heavy atom. The average Bonchev–Trinajstić information content (AvgIpc) is 3.40. The van der Waals surface area contributed by atoms with Gasteiger partial charge in [-0.1, -0.05) is 33.6 Å². The average molecular weight is 442 g/mol. The fraction of sp³-hybridized carbons (Fsp3) is 0.167. The maximum absolute atomic E-state index is 13.0. The number of rotatable bonds is 4. The SMILES string of the molecule is O=c1c(-c2ccc(Br)cc2OCC2CO2)c(Cl)oc2c(Cl)cccc12. The highest BCUT2D eigenvalue weighted by atomic mass is 79.9. The predicted octanol–water partition coefficient (Wildman–Crippen LogP) is 5.31. The lowest BCUT2D eigenvalue weighted by atomic mass is 10.0. The Balaban J connectivity index is 1.91. The fourth-order valence-electron chi connectivity index (χ4n) is 2.55. The monoisotopic (exact) mass is 440 g/mol. The molecule has 1 fully saturated rings. The first kappa shape index (κ1) is 16.9. The number of fused-ring (bicyclic) bond motifs is 1. The summed E-state index contributed by atoms with van der Waals surface area (Å²) >= 11 is 15.8. The molecule has 0 bridgehead atoms. The number of ether oxygens (including phenoxy) is 2. The van der Waals surface area contributed by atoms with Crippen molar-refractivity contribution in [3.05, 3.63) is 61.3 Å². The first-order valence-corrected chi connectivity index (χ1v) is 9.04. The van der Waals surface area contributed by atoms with Gasteiger partial charge >= 0.3 is 0 Å². The van der Waals surface area contributed by atoms with Gasteiger partial charge in [-0.05, 0) is 41.9 Å². The summed E-state index contributed by atoms with van der Waals surface area (Å²) in [5.74, 6) is 0.528. The Morgan fingerprint density at radius 3 is 2.80 bits per heavy atom. The molecule has 0 radical (unpaired) electrons. The number of hydrogen-bond donors (Lipinski definition) is 0. The van der Waals surface area contributed by atoms with Crippen LogP contribution in [0.1, 0.15) is 0 Å². The molecule has 4 nitrogen and oxygen atoms in total. The van der Waals surface area contributed by atoms with Crippen LogP contribution in [0, 0.1) is 0 Å². The summed E-state index contributed by atoms with van der Waals surface area (Å²) in [5.41, 5.74) is 0.817. The molecule has 1 unspecified atom stereocenters. The van der Waals surface area contributed by atoms with Crippen LogP contribution in [-0.4, -0.2) is 19.3 Å². The van der Waals surface area contributed by atoms with Crippen LogP contribution in [-0.2, 0) is 4.74 Å². The van der Waals surface area contributed by atoms with E-state index in [1.165, 1.54) is 0 Å². The minimum Gasteiger partial charge on any atom is -0.490 e. The summed E-state index contributed by atoms with van der Waals surface area (Å²) in [6, 6.07) is 10.4. The van der Waals surface area contributed by atoms with Crippen molar-refractivity contribution in [1.82, 2.24) is 0 Å². The van der Waals surface area contributed by atoms with Gasteiger partial charge in [0.1, 0.15) is 18.5 Å². The molecule has 1 atom stereocenters. The number of benzene rings is 2. The van der Waals surface area contributed by atoms with E-state index < -0.39 is 0 Å². The molecule has 1 saturated heterocycles. The molecule has 128 valence electrons. The first-order valence-electron chi connectivity index (χ1n) is 7.50. The Labute approximate surface area is 161 Å². The Morgan fingerprint density at radius 1 is 1.24 bits per heavy atom. The molecule has 0 saturated carbocycles. The van der Waals surface area contributed by atoms with Crippen molar-refractivity contribution in [3.63, 3.8) is 0 Å². The van der Waals surface area contributed by atoms with Gasteiger partial charge < -0.3 is 13.9 Å².